The van der Waals surface area contributed by atoms with Crippen LogP contribution in [0.5, 0.6) is 11.5 Å². The molecule has 0 aliphatic rings. The number of benzene rings is 1. The molecule has 0 saturated carbocycles. The monoisotopic (exact) mass is 368 g/mol. The van der Waals surface area contributed by atoms with E-state index in [2.05, 4.69) is 20.6 Å². The Balaban J connectivity index is 1.60. The highest BCUT2D eigenvalue weighted by molar-refractivity contribution is 6.01. The van der Waals surface area contributed by atoms with E-state index < -0.39 is 0 Å². The Hall–Kier alpha value is -3.55. The quantitative estimate of drug-likeness (QED) is 0.551. The third-order valence-electron chi connectivity index (χ3n) is 4.02. The Kier molecular flexibility index (Phi) is 5.55. The van der Waals surface area contributed by atoms with Crippen LogP contribution in [0.15, 0.2) is 42.7 Å². The van der Waals surface area contributed by atoms with E-state index >= 15 is 0 Å². The molecule has 0 aliphatic carbocycles. The van der Waals surface area contributed by atoms with Crippen LogP contribution < -0.4 is 20.1 Å². The molecule has 0 spiro atoms. The Morgan fingerprint density at radius 3 is 2.41 bits per heavy atom. The number of carbonyl (C=O) groups is 2. The topological polar surface area (TPSA) is 105 Å². The molecule has 140 valence electrons. The molecule has 0 saturated heterocycles. The van der Waals surface area contributed by atoms with E-state index in [9.17, 15) is 9.59 Å². The normalized spacial score (nSPS) is 10.4. The number of carbonyl (C=O) groups excluding carboxylic acids is 2. The van der Waals surface area contributed by atoms with Crippen LogP contribution in [0, 0.1) is 0 Å². The van der Waals surface area contributed by atoms with Crippen molar-refractivity contribution in [3.05, 3.63) is 54.0 Å². The van der Waals surface area contributed by atoms with Gasteiger partial charge < -0.3 is 25.1 Å². The molecule has 0 aliphatic heterocycles. The molecule has 2 heterocycles. The summed E-state index contributed by atoms with van der Waals surface area (Å²) in [6.07, 6.45) is 3.08. The summed E-state index contributed by atoms with van der Waals surface area (Å²) in [4.78, 5) is 31.2. The Morgan fingerprint density at radius 2 is 1.74 bits per heavy atom. The molecule has 0 atom stereocenters. The summed E-state index contributed by atoms with van der Waals surface area (Å²) in [6.45, 7) is 0.584. The van der Waals surface area contributed by atoms with Crippen LogP contribution in [0.2, 0.25) is 0 Å². The first-order valence-electron chi connectivity index (χ1n) is 8.34. The fraction of sp³-hybridized carbons (Fsp3) is 0.211. The van der Waals surface area contributed by atoms with Gasteiger partial charge in [-0.05, 0) is 30.3 Å². The SMILES string of the molecule is COc1ccc(OC)c2[nH]c(C(=O)NCCNC(=O)c3cccnc3)cc12. The van der Waals surface area contributed by atoms with Gasteiger partial charge in [-0.15, -0.1) is 0 Å². The first-order valence-corrected chi connectivity index (χ1v) is 8.34. The van der Waals surface area contributed by atoms with Crippen molar-refractivity contribution in [2.45, 2.75) is 0 Å². The zero-order chi connectivity index (χ0) is 19.2. The summed E-state index contributed by atoms with van der Waals surface area (Å²) in [6, 6.07) is 8.62. The number of pyridine rings is 1. The van der Waals surface area contributed by atoms with Gasteiger partial charge in [0.25, 0.3) is 11.8 Å². The molecule has 3 rings (SSSR count). The number of fused-ring (bicyclic) bond motifs is 1. The number of amides is 2. The predicted molar refractivity (Wildman–Crippen MR) is 100 cm³/mol. The molecule has 8 nitrogen and oxygen atoms in total. The highest BCUT2D eigenvalue weighted by Gasteiger charge is 2.15. The average Bonchev–Trinajstić information content (AvgIpc) is 3.16. The van der Waals surface area contributed by atoms with Crippen molar-refractivity contribution >= 4 is 22.7 Å². The standard InChI is InChI=1S/C19H20N4O4/c1-26-15-5-6-16(27-2)17-13(15)10-14(23-17)19(25)22-9-8-21-18(24)12-4-3-7-20-11-12/h3-7,10-11,23H,8-9H2,1-2H3,(H,21,24)(H,22,25). The van der Waals surface area contributed by atoms with E-state index in [1.165, 1.54) is 6.20 Å². The maximum atomic E-state index is 12.4. The molecule has 3 aromatic rings. The van der Waals surface area contributed by atoms with Crippen LogP contribution in [0.4, 0.5) is 0 Å². The van der Waals surface area contributed by atoms with E-state index in [0.717, 1.165) is 5.39 Å². The van der Waals surface area contributed by atoms with Crippen molar-refractivity contribution in [2.24, 2.45) is 0 Å². The average molecular weight is 368 g/mol. The van der Waals surface area contributed by atoms with E-state index in [1.807, 2.05) is 0 Å². The molecule has 8 heteroatoms. The number of nitrogens with one attached hydrogen (secondary N) is 3. The molecule has 27 heavy (non-hydrogen) atoms. The van der Waals surface area contributed by atoms with Crippen molar-refractivity contribution in [3.8, 4) is 11.5 Å². The fourth-order valence-electron chi connectivity index (χ4n) is 2.68. The minimum atomic E-state index is -0.286. The fourth-order valence-corrected chi connectivity index (χ4v) is 2.68. The van der Waals surface area contributed by atoms with Crippen LogP contribution in [-0.2, 0) is 0 Å². The summed E-state index contributed by atoms with van der Waals surface area (Å²) in [7, 11) is 3.13. The first-order chi connectivity index (χ1) is 13.1. The highest BCUT2D eigenvalue weighted by atomic mass is 16.5. The van der Waals surface area contributed by atoms with Gasteiger partial charge in [0.05, 0.1) is 25.3 Å². The summed E-state index contributed by atoms with van der Waals surface area (Å²) < 4.78 is 10.6. The molecule has 1 aromatic carbocycles. The van der Waals surface area contributed by atoms with Gasteiger partial charge in [0.15, 0.2) is 0 Å². The van der Waals surface area contributed by atoms with Crippen molar-refractivity contribution in [3.63, 3.8) is 0 Å². The smallest absolute Gasteiger partial charge is 0.267 e. The third-order valence-corrected chi connectivity index (χ3v) is 4.02. The lowest BCUT2D eigenvalue weighted by atomic mass is 10.2. The van der Waals surface area contributed by atoms with E-state index in [-0.39, 0.29) is 18.4 Å². The van der Waals surface area contributed by atoms with Gasteiger partial charge in [-0.1, -0.05) is 0 Å². The van der Waals surface area contributed by atoms with Crippen molar-refractivity contribution in [2.75, 3.05) is 27.3 Å². The molecular weight excluding hydrogens is 348 g/mol. The minimum Gasteiger partial charge on any atom is -0.496 e. The largest absolute Gasteiger partial charge is 0.496 e. The molecule has 0 radical (unpaired) electrons. The number of rotatable bonds is 7. The summed E-state index contributed by atoms with van der Waals surface area (Å²) >= 11 is 0. The Morgan fingerprint density at radius 1 is 1.04 bits per heavy atom. The summed E-state index contributed by atoms with van der Waals surface area (Å²) in [5.74, 6) is 0.738. The van der Waals surface area contributed by atoms with Crippen LogP contribution in [0.3, 0.4) is 0 Å². The van der Waals surface area contributed by atoms with Crippen molar-refractivity contribution < 1.29 is 19.1 Å². The van der Waals surface area contributed by atoms with E-state index in [0.29, 0.717) is 34.8 Å². The molecule has 3 N–H and O–H groups in total. The number of hydrogen-bond acceptors (Lipinski definition) is 5. The first kappa shape index (κ1) is 18.2. The molecular formula is C19H20N4O4. The van der Waals surface area contributed by atoms with Crippen LogP contribution >= 0.6 is 0 Å². The lowest BCUT2D eigenvalue weighted by Gasteiger charge is -2.06. The number of H-pyrrole nitrogens is 1. The van der Waals surface area contributed by atoms with Crippen molar-refractivity contribution in [1.29, 1.82) is 0 Å². The zero-order valence-electron chi connectivity index (χ0n) is 15.0. The van der Waals surface area contributed by atoms with Crippen LogP contribution in [-0.4, -0.2) is 49.1 Å². The molecule has 2 aromatic heterocycles. The van der Waals surface area contributed by atoms with E-state index in [1.54, 1.807) is 50.7 Å². The number of aromatic nitrogens is 2. The number of methoxy groups -OCH3 is 2. The van der Waals surface area contributed by atoms with Gasteiger partial charge in [0.1, 0.15) is 17.2 Å². The van der Waals surface area contributed by atoms with E-state index in [4.69, 9.17) is 9.47 Å². The molecule has 0 fully saturated rings. The van der Waals surface area contributed by atoms with Crippen LogP contribution in [0.25, 0.3) is 10.9 Å². The third kappa shape index (κ3) is 4.00. The maximum absolute atomic E-state index is 12.4. The second-order valence-electron chi connectivity index (χ2n) is 5.70. The number of aromatic amines is 1. The zero-order valence-corrected chi connectivity index (χ0v) is 15.0. The minimum absolute atomic E-state index is 0.238. The van der Waals surface area contributed by atoms with Gasteiger partial charge in [-0.3, -0.25) is 14.6 Å². The predicted octanol–water partition coefficient (Wildman–Crippen LogP) is 1.74. The maximum Gasteiger partial charge on any atom is 0.267 e. The molecule has 0 bridgehead atoms. The number of nitrogens with zero attached hydrogens (tertiary/aromatic N) is 1. The number of ether oxygens (including phenoxy) is 2. The highest BCUT2D eigenvalue weighted by Crippen LogP contribution is 2.33. The molecule has 2 amide bonds. The summed E-state index contributed by atoms with van der Waals surface area (Å²) in [5, 5.41) is 6.24. The molecule has 0 unspecified atom stereocenters. The van der Waals surface area contributed by atoms with Gasteiger partial charge in [0, 0.05) is 30.9 Å². The number of hydrogen-bond donors (Lipinski definition) is 3. The lowest BCUT2D eigenvalue weighted by molar-refractivity contribution is 0.0925. The Bertz CT molecular complexity index is 912. The van der Waals surface area contributed by atoms with Gasteiger partial charge in [0.2, 0.25) is 0 Å². The second-order valence-corrected chi connectivity index (χ2v) is 5.70. The van der Waals surface area contributed by atoms with Gasteiger partial charge in [-0.2, -0.15) is 0 Å². The van der Waals surface area contributed by atoms with Crippen molar-refractivity contribution in [1.82, 2.24) is 20.6 Å². The van der Waals surface area contributed by atoms with Crippen LogP contribution in [0.1, 0.15) is 20.8 Å². The van der Waals surface area contributed by atoms with Gasteiger partial charge in [-0.25, -0.2) is 0 Å². The Labute approximate surface area is 155 Å². The summed E-state index contributed by atoms with van der Waals surface area (Å²) in [5.41, 5.74) is 1.54. The second kappa shape index (κ2) is 8.22. The lowest BCUT2D eigenvalue weighted by Crippen LogP contribution is -2.34. The van der Waals surface area contributed by atoms with Gasteiger partial charge >= 0.3 is 0 Å².